The number of benzene rings is 2. The Hall–Kier alpha value is -3.78. The van der Waals surface area contributed by atoms with Crippen molar-refractivity contribution >= 4 is 28.5 Å². The molecule has 2 atom stereocenters. The van der Waals surface area contributed by atoms with Gasteiger partial charge in [0.25, 0.3) is 5.91 Å². The Bertz CT molecular complexity index is 1390. The van der Waals surface area contributed by atoms with Gasteiger partial charge in [0.2, 0.25) is 11.8 Å². The van der Waals surface area contributed by atoms with Crippen LogP contribution in [-0.2, 0) is 22.7 Å². The maximum absolute atomic E-state index is 12.9. The average molecular weight is 485 g/mol. The van der Waals surface area contributed by atoms with Crippen molar-refractivity contribution in [3.8, 4) is 5.75 Å². The largest absolute Gasteiger partial charge is 0.489 e. The number of nitrogens with one attached hydrogen (secondary N) is 1. The normalized spacial score (nSPS) is 22.2. The number of hydrogen-bond donors (Lipinski definition) is 1. The third kappa shape index (κ3) is 4.22. The van der Waals surface area contributed by atoms with E-state index in [-0.39, 0.29) is 24.3 Å². The second-order valence-electron chi connectivity index (χ2n) is 9.95. The van der Waals surface area contributed by atoms with E-state index in [1.807, 2.05) is 18.3 Å². The number of amides is 3. The quantitative estimate of drug-likeness (QED) is 0.560. The lowest BCUT2D eigenvalue weighted by atomic mass is 10.0. The van der Waals surface area contributed by atoms with Crippen molar-refractivity contribution in [2.75, 3.05) is 13.1 Å². The molecule has 1 aromatic heterocycles. The molecule has 3 aliphatic rings. The summed E-state index contributed by atoms with van der Waals surface area (Å²) in [6.07, 6.45) is 3.56. The van der Waals surface area contributed by atoms with E-state index in [4.69, 9.17) is 4.74 Å². The zero-order chi connectivity index (χ0) is 24.8. The predicted molar refractivity (Wildman–Crippen MR) is 133 cm³/mol. The molecule has 8 heteroatoms. The van der Waals surface area contributed by atoms with Crippen LogP contribution in [0, 0.1) is 6.92 Å². The number of rotatable bonds is 5. The summed E-state index contributed by atoms with van der Waals surface area (Å²) in [5.74, 6) is -0.117. The maximum atomic E-state index is 12.9. The van der Waals surface area contributed by atoms with Gasteiger partial charge in [-0.2, -0.15) is 0 Å². The number of imide groups is 1. The number of nitrogens with zero attached hydrogens (tertiary/aromatic N) is 3. The summed E-state index contributed by atoms with van der Waals surface area (Å²) in [7, 11) is 0. The number of likely N-dealkylation sites (tertiary alicyclic amines) is 1. The summed E-state index contributed by atoms with van der Waals surface area (Å²) < 4.78 is 6.29. The van der Waals surface area contributed by atoms with E-state index in [0.717, 1.165) is 43.1 Å². The number of aromatic nitrogens is 1. The summed E-state index contributed by atoms with van der Waals surface area (Å²) in [5, 5.41) is 4.74. The lowest BCUT2D eigenvalue weighted by Gasteiger charge is -2.29. The SMILES string of the molecule is Cc1cccc2cc(CN3CC[C@H](Oc4ccc5c(c4)CN(C4CCC(=O)NC4=O)C5=O)C3)ncc12. The second kappa shape index (κ2) is 9.02. The van der Waals surface area contributed by atoms with Crippen molar-refractivity contribution in [1.82, 2.24) is 20.1 Å². The van der Waals surface area contributed by atoms with Gasteiger partial charge in [-0.05, 0) is 60.5 Å². The highest BCUT2D eigenvalue weighted by atomic mass is 16.5. The van der Waals surface area contributed by atoms with Gasteiger partial charge in [0, 0.05) is 49.7 Å². The van der Waals surface area contributed by atoms with Crippen LogP contribution >= 0.6 is 0 Å². The van der Waals surface area contributed by atoms with Gasteiger partial charge in [0.15, 0.2) is 0 Å². The molecule has 0 radical (unpaired) electrons. The molecule has 36 heavy (non-hydrogen) atoms. The number of hydrogen-bond acceptors (Lipinski definition) is 6. The molecule has 4 heterocycles. The maximum Gasteiger partial charge on any atom is 0.255 e. The van der Waals surface area contributed by atoms with E-state index in [9.17, 15) is 14.4 Å². The molecule has 6 rings (SSSR count). The van der Waals surface area contributed by atoms with Gasteiger partial charge in [-0.3, -0.25) is 29.6 Å². The van der Waals surface area contributed by atoms with Crippen molar-refractivity contribution in [2.24, 2.45) is 0 Å². The third-order valence-electron chi connectivity index (χ3n) is 7.45. The molecule has 2 fully saturated rings. The van der Waals surface area contributed by atoms with Crippen LogP contribution in [0.1, 0.15) is 46.4 Å². The van der Waals surface area contributed by atoms with Crippen molar-refractivity contribution in [3.05, 3.63) is 71.0 Å². The van der Waals surface area contributed by atoms with Gasteiger partial charge in [0.05, 0.1) is 5.69 Å². The number of piperidine rings is 1. The first kappa shape index (κ1) is 22.7. The van der Waals surface area contributed by atoms with Gasteiger partial charge < -0.3 is 9.64 Å². The van der Waals surface area contributed by atoms with Crippen LogP contribution in [0.3, 0.4) is 0 Å². The molecule has 2 saturated heterocycles. The van der Waals surface area contributed by atoms with Crippen LogP contribution in [-0.4, -0.2) is 57.7 Å². The van der Waals surface area contributed by atoms with Gasteiger partial charge in [-0.25, -0.2) is 0 Å². The fraction of sp³-hybridized carbons (Fsp3) is 0.357. The van der Waals surface area contributed by atoms with Gasteiger partial charge in [0.1, 0.15) is 17.9 Å². The van der Waals surface area contributed by atoms with Gasteiger partial charge in [-0.15, -0.1) is 0 Å². The molecule has 1 unspecified atom stereocenters. The van der Waals surface area contributed by atoms with Crippen LogP contribution in [0.4, 0.5) is 0 Å². The molecule has 0 aliphatic carbocycles. The lowest BCUT2D eigenvalue weighted by Crippen LogP contribution is -2.52. The van der Waals surface area contributed by atoms with Crippen LogP contribution < -0.4 is 10.1 Å². The first-order valence-corrected chi connectivity index (χ1v) is 12.5. The number of carbonyl (C=O) groups excluding carboxylic acids is 3. The molecule has 2 aromatic carbocycles. The fourth-order valence-electron chi connectivity index (χ4n) is 5.54. The Balaban J connectivity index is 1.08. The van der Waals surface area contributed by atoms with E-state index in [0.29, 0.717) is 18.5 Å². The standard InChI is InChI=1S/C28H28N4O4/c1-17-3-2-4-18-11-20(29-13-24(17)18)15-31-10-9-22(16-31)36-21-5-6-23-19(12-21)14-32(28(23)35)25-7-8-26(33)30-27(25)34/h2-6,11-13,22,25H,7-10,14-16H2,1H3,(H,30,33,34)/t22-,25?/m0/s1. The molecular weight excluding hydrogens is 456 g/mol. The van der Waals surface area contributed by atoms with E-state index in [2.05, 4.69) is 46.4 Å². The Morgan fingerprint density at radius 1 is 1.11 bits per heavy atom. The predicted octanol–water partition coefficient (Wildman–Crippen LogP) is 2.96. The lowest BCUT2D eigenvalue weighted by molar-refractivity contribution is -0.136. The molecule has 8 nitrogen and oxygen atoms in total. The smallest absolute Gasteiger partial charge is 0.255 e. The molecule has 184 valence electrons. The molecule has 3 aliphatic heterocycles. The van der Waals surface area contributed by atoms with Crippen molar-refractivity contribution in [1.29, 1.82) is 0 Å². The van der Waals surface area contributed by atoms with Crippen molar-refractivity contribution in [3.63, 3.8) is 0 Å². The van der Waals surface area contributed by atoms with E-state index >= 15 is 0 Å². The highest BCUT2D eigenvalue weighted by Crippen LogP contribution is 2.31. The first-order chi connectivity index (χ1) is 17.4. The van der Waals surface area contributed by atoms with Crippen LogP contribution in [0.25, 0.3) is 10.8 Å². The molecule has 1 N–H and O–H groups in total. The van der Waals surface area contributed by atoms with Crippen LogP contribution in [0.15, 0.2) is 48.7 Å². The summed E-state index contributed by atoms with van der Waals surface area (Å²) >= 11 is 0. The molecular formula is C28H28N4O4. The Labute approximate surface area is 209 Å². The summed E-state index contributed by atoms with van der Waals surface area (Å²) in [4.78, 5) is 45.2. The summed E-state index contributed by atoms with van der Waals surface area (Å²) in [6, 6.07) is 13.4. The number of fused-ring (bicyclic) bond motifs is 2. The zero-order valence-corrected chi connectivity index (χ0v) is 20.2. The number of pyridine rings is 1. The number of ether oxygens (including phenoxy) is 1. The summed E-state index contributed by atoms with van der Waals surface area (Å²) in [5.41, 5.74) is 3.74. The Morgan fingerprint density at radius 2 is 2.00 bits per heavy atom. The van der Waals surface area contributed by atoms with Gasteiger partial charge in [-0.1, -0.05) is 18.2 Å². The Kier molecular flexibility index (Phi) is 5.68. The monoisotopic (exact) mass is 484 g/mol. The Morgan fingerprint density at radius 3 is 2.86 bits per heavy atom. The number of aryl methyl sites for hydroxylation is 1. The minimum absolute atomic E-state index is 0.0640. The minimum Gasteiger partial charge on any atom is -0.489 e. The van der Waals surface area contributed by atoms with Crippen LogP contribution in [0.2, 0.25) is 0 Å². The zero-order valence-electron chi connectivity index (χ0n) is 20.2. The molecule has 0 bridgehead atoms. The summed E-state index contributed by atoms with van der Waals surface area (Å²) in [6.45, 7) is 4.98. The second-order valence-corrected chi connectivity index (χ2v) is 9.95. The van der Waals surface area contributed by atoms with Crippen LogP contribution in [0.5, 0.6) is 5.75 Å². The molecule has 3 aromatic rings. The van der Waals surface area contributed by atoms with Gasteiger partial charge >= 0.3 is 0 Å². The van der Waals surface area contributed by atoms with Crippen molar-refractivity contribution in [2.45, 2.75) is 51.4 Å². The third-order valence-corrected chi connectivity index (χ3v) is 7.45. The van der Waals surface area contributed by atoms with E-state index in [1.54, 1.807) is 11.0 Å². The topological polar surface area (TPSA) is 91.8 Å². The number of carbonyl (C=O) groups is 3. The minimum atomic E-state index is -0.608. The fourth-order valence-corrected chi connectivity index (χ4v) is 5.54. The average Bonchev–Trinajstić information content (AvgIpc) is 3.42. The molecule has 0 spiro atoms. The molecule has 3 amide bonds. The van der Waals surface area contributed by atoms with E-state index < -0.39 is 11.9 Å². The molecule has 0 saturated carbocycles. The van der Waals surface area contributed by atoms with Crippen molar-refractivity contribution < 1.29 is 19.1 Å². The highest BCUT2D eigenvalue weighted by Gasteiger charge is 2.39. The first-order valence-electron chi connectivity index (χ1n) is 12.5. The van der Waals surface area contributed by atoms with E-state index in [1.165, 1.54) is 16.3 Å². The highest BCUT2D eigenvalue weighted by molar-refractivity contribution is 6.05.